The molecule has 3 aromatic heterocycles. The Morgan fingerprint density at radius 2 is 0.750 bits per heavy atom. The molecular weight excluding hydrogens is 827 g/mol. The van der Waals surface area contributed by atoms with E-state index < -0.39 is 0 Å². The van der Waals surface area contributed by atoms with Gasteiger partial charge in [-0.3, -0.25) is 0 Å². The molecule has 3 heterocycles. The maximum absolute atomic E-state index is 5.21. The summed E-state index contributed by atoms with van der Waals surface area (Å²) < 4.78 is 4.83. The van der Waals surface area contributed by atoms with Crippen molar-refractivity contribution >= 4 is 54.4 Å². The van der Waals surface area contributed by atoms with E-state index in [9.17, 15) is 0 Å². The molecule has 0 bridgehead atoms. The Kier molecular flexibility index (Phi) is 8.97. The Hall–Kier alpha value is -8.15. The first-order valence-corrected chi connectivity index (χ1v) is 23.8. The second-order valence-electron chi connectivity index (χ2n) is 20.0. The molecule has 0 fully saturated rings. The summed E-state index contributed by atoms with van der Waals surface area (Å²) in [6.45, 7) is 9.66. The van der Waals surface area contributed by atoms with Crippen molar-refractivity contribution < 1.29 is 0 Å². The zero-order chi connectivity index (χ0) is 45.7. The van der Waals surface area contributed by atoms with E-state index in [0.29, 0.717) is 17.5 Å². The average molecular weight is 876 g/mol. The van der Waals surface area contributed by atoms with E-state index in [1.54, 1.807) is 0 Å². The molecule has 0 amide bonds. The molecule has 1 aliphatic rings. The lowest BCUT2D eigenvalue weighted by Crippen LogP contribution is -2.33. The second kappa shape index (κ2) is 15.2. The van der Waals surface area contributed by atoms with Gasteiger partial charge in [0.25, 0.3) is 0 Å². The largest absolute Gasteiger partial charge is 0.309 e. The summed E-state index contributed by atoms with van der Waals surface area (Å²) in [6.07, 6.45) is 2.34. The van der Waals surface area contributed by atoms with E-state index in [4.69, 9.17) is 15.0 Å². The van der Waals surface area contributed by atoms with Crippen LogP contribution in [-0.2, 0) is 10.8 Å². The van der Waals surface area contributed by atoms with E-state index in [2.05, 4.69) is 219 Å². The Bertz CT molecular complexity index is 3930. The fourth-order valence-electron chi connectivity index (χ4n) is 11.0. The summed E-state index contributed by atoms with van der Waals surface area (Å²) in [4.78, 5) is 15.4. The van der Waals surface area contributed by atoms with E-state index >= 15 is 0 Å². The topological polar surface area (TPSA) is 48.5 Å². The van der Waals surface area contributed by atoms with Crippen LogP contribution in [0.1, 0.15) is 51.7 Å². The normalized spacial score (nSPS) is 14.3. The lowest BCUT2D eigenvalue weighted by molar-refractivity contribution is 0.332. The Balaban J connectivity index is 0.927. The van der Waals surface area contributed by atoms with Gasteiger partial charge in [-0.05, 0) is 142 Å². The van der Waals surface area contributed by atoms with Gasteiger partial charge in [0.05, 0.1) is 22.1 Å². The highest BCUT2D eigenvalue weighted by molar-refractivity contribution is 6.14. The molecular formula is C63H49N5. The Morgan fingerprint density at radius 3 is 1.37 bits per heavy atom. The van der Waals surface area contributed by atoms with Crippen LogP contribution >= 0.6 is 0 Å². The van der Waals surface area contributed by atoms with Crippen molar-refractivity contribution in [2.75, 3.05) is 0 Å². The molecule has 0 atom stereocenters. The number of para-hydroxylation sites is 1. The molecule has 0 saturated heterocycles. The van der Waals surface area contributed by atoms with Gasteiger partial charge in [-0.25, -0.2) is 15.0 Å². The first-order valence-electron chi connectivity index (χ1n) is 23.8. The van der Waals surface area contributed by atoms with E-state index in [1.807, 2.05) is 18.2 Å². The highest BCUT2D eigenvalue weighted by Gasteiger charge is 2.38. The lowest BCUT2D eigenvalue weighted by atomic mass is 9.63. The number of hydrogen-bond acceptors (Lipinski definition) is 3. The third kappa shape index (κ3) is 6.48. The molecule has 0 spiro atoms. The van der Waals surface area contributed by atoms with Crippen LogP contribution in [0.3, 0.4) is 0 Å². The molecule has 13 rings (SSSR count). The van der Waals surface area contributed by atoms with Gasteiger partial charge in [0.1, 0.15) is 0 Å². The maximum atomic E-state index is 5.21. The standard InChI is InChI=1S/C63H49N5/c1-62(2)33-34-63(3,4)54-39-58-52(38-53(54)62)51-35-44-19-11-12-20-45(44)36-57(51)68(58)48-30-25-43(26-31-48)61-65-59(41-17-9-6-10-18-41)64-60(66-61)42-23-28-47(29-24-42)67-55-22-14-13-21-49(55)50-32-27-46(37-56(50)67)40-15-7-5-8-16-40/h5-32,35-39H,33-34H2,1-4H3. The van der Waals surface area contributed by atoms with Crippen molar-refractivity contribution in [2.24, 2.45) is 0 Å². The summed E-state index contributed by atoms with van der Waals surface area (Å²) in [6, 6.07) is 72.2. The van der Waals surface area contributed by atoms with E-state index in [0.717, 1.165) is 34.5 Å². The van der Waals surface area contributed by atoms with Gasteiger partial charge >= 0.3 is 0 Å². The molecule has 5 heteroatoms. The summed E-state index contributed by atoms with van der Waals surface area (Å²) in [5.74, 6) is 1.90. The first-order chi connectivity index (χ1) is 33.2. The molecule has 9 aromatic carbocycles. The third-order valence-corrected chi connectivity index (χ3v) is 14.8. The number of aromatic nitrogens is 5. The molecule has 0 N–H and O–H groups in total. The maximum Gasteiger partial charge on any atom is 0.164 e. The predicted octanol–water partition coefficient (Wildman–Crippen LogP) is 16.2. The first kappa shape index (κ1) is 40.2. The number of rotatable bonds is 6. The minimum Gasteiger partial charge on any atom is -0.309 e. The second-order valence-corrected chi connectivity index (χ2v) is 20.0. The molecule has 1 aliphatic carbocycles. The zero-order valence-electron chi connectivity index (χ0n) is 38.7. The minimum absolute atomic E-state index is 0.0830. The quantitative estimate of drug-likeness (QED) is 0.167. The van der Waals surface area contributed by atoms with E-state index in [-0.39, 0.29) is 10.8 Å². The molecule has 326 valence electrons. The van der Waals surface area contributed by atoms with Crippen LogP contribution in [0.25, 0.3) is 111 Å². The van der Waals surface area contributed by atoms with Crippen LogP contribution in [0, 0.1) is 0 Å². The van der Waals surface area contributed by atoms with Crippen molar-refractivity contribution in [3.63, 3.8) is 0 Å². The van der Waals surface area contributed by atoms with Gasteiger partial charge in [0, 0.05) is 49.6 Å². The lowest BCUT2D eigenvalue weighted by Gasteiger charge is -2.42. The molecule has 5 nitrogen and oxygen atoms in total. The molecule has 0 aliphatic heterocycles. The van der Waals surface area contributed by atoms with Crippen LogP contribution in [0.5, 0.6) is 0 Å². The van der Waals surface area contributed by atoms with Crippen molar-refractivity contribution in [2.45, 2.75) is 51.4 Å². The molecule has 68 heavy (non-hydrogen) atoms. The highest BCUT2D eigenvalue weighted by atomic mass is 15.0. The Labute approximate surface area is 396 Å². The third-order valence-electron chi connectivity index (χ3n) is 14.8. The summed E-state index contributed by atoms with van der Waals surface area (Å²) in [7, 11) is 0. The van der Waals surface area contributed by atoms with Crippen LogP contribution in [0.2, 0.25) is 0 Å². The fourth-order valence-corrected chi connectivity index (χ4v) is 11.0. The van der Waals surface area contributed by atoms with Crippen molar-refractivity contribution in [1.82, 2.24) is 24.1 Å². The minimum atomic E-state index is 0.0830. The number of hydrogen-bond donors (Lipinski definition) is 0. The van der Waals surface area contributed by atoms with Gasteiger partial charge in [0.2, 0.25) is 0 Å². The molecule has 0 saturated carbocycles. The number of fused-ring (bicyclic) bond motifs is 8. The van der Waals surface area contributed by atoms with E-state index in [1.165, 1.54) is 83.1 Å². The van der Waals surface area contributed by atoms with Gasteiger partial charge in [0.15, 0.2) is 17.5 Å². The SMILES string of the molecule is CC1(C)CCC(C)(C)c2cc3c(cc21)c1cc2ccccc2cc1n3-c1ccc(-c2nc(-c3ccccc3)nc(-c3ccc(-n4c5ccccc5c5ccc(-c6ccccc6)cc54)cc3)n2)cc1. The zero-order valence-corrected chi connectivity index (χ0v) is 38.7. The van der Waals surface area contributed by atoms with Crippen LogP contribution in [0.15, 0.2) is 200 Å². The van der Waals surface area contributed by atoms with Gasteiger partial charge in [-0.2, -0.15) is 0 Å². The van der Waals surface area contributed by atoms with Gasteiger partial charge in [-0.1, -0.05) is 143 Å². The van der Waals surface area contributed by atoms with Crippen molar-refractivity contribution in [1.29, 1.82) is 0 Å². The summed E-state index contributed by atoms with van der Waals surface area (Å²) in [5.41, 5.74) is 15.2. The predicted molar refractivity (Wildman–Crippen MR) is 283 cm³/mol. The monoisotopic (exact) mass is 875 g/mol. The molecule has 0 unspecified atom stereocenters. The smallest absolute Gasteiger partial charge is 0.164 e. The van der Waals surface area contributed by atoms with Crippen LogP contribution in [0.4, 0.5) is 0 Å². The van der Waals surface area contributed by atoms with Crippen LogP contribution < -0.4 is 0 Å². The van der Waals surface area contributed by atoms with Crippen molar-refractivity contribution in [3.8, 4) is 56.7 Å². The fraction of sp³-hybridized carbons (Fsp3) is 0.127. The number of nitrogens with zero attached hydrogens (tertiary/aromatic N) is 5. The average Bonchev–Trinajstić information content (AvgIpc) is 3.88. The molecule has 12 aromatic rings. The van der Waals surface area contributed by atoms with Gasteiger partial charge < -0.3 is 9.13 Å². The van der Waals surface area contributed by atoms with Crippen LogP contribution in [-0.4, -0.2) is 24.1 Å². The Morgan fingerprint density at radius 1 is 0.324 bits per heavy atom. The molecule has 0 radical (unpaired) electrons. The van der Waals surface area contributed by atoms with Gasteiger partial charge in [-0.15, -0.1) is 0 Å². The summed E-state index contributed by atoms with van der Waals surface area (Å²) >= 11 is 0. The summed E-state index contributed by atoms with van der Waals surface area (Å²) in [5, 5.41) is 7.52. The highest BCUT2D eigenvalue weighted by Crippen LogP contribution is 2.49. The van der Waals surface area contributed by atoms with Crippen molar-refractivity contribution in [3.05, 3.63) is 211 Å². The number of benzene rings is 9.